The van der Waals surface area contributed by atoms with Gasteiger partial charge in [-0.3, -0.25) is 0 Å². The molecule has 0 aliphatic rings. The third kappa shape index (κ3) is 3.38. The van der Waals surface area contributed by atoms with Crippen LogP contribution in [0.5, 0.6) is 0 Å². The van der Waals surface area contributed by atoms with E-state index in [1.54, 1.807) is 19.2 Å². The van der Waals surface area contributed by atoms with Gasteiger partial charge in [0, 0.05) is 31.5 Å². The molecule has 5 nitrogen and oxygen atoms in total. The number of aryl methyl sites for hydroxylation is 1. The SMILES string of the molecule is C#CCN(CC)S(=O)(=O)c1cc(CN)n(CCC)c1. The first-order chi connectivity index (χ1) is 9.01. The first-order valence-electron chi connectivity index (χ1n) is 6.33. The molecule has 0 unspecified atom stereocenters. The molecule has 2 N–H and O–H groups in total. The van der Waals surface area contributed by atoms with E-state index in [0.29, 0.717) is 13.1 Å². The van der Waals surface area contributed by atoms with Crippen molar-refractivity contribution in [2.24, 2.45) is 5.73 Å². The Morgan fingerprint density at radius 2 is 2.16 bits per heavy atom. The summed E-state index contributed by atoms with van der Waals surface area (Å²) >= 11 is 0. The molecule has 0 atom stereocenters. The van der Waals surface area contributed by atoms with Gasteiger partial charge in [-0.25, -0.2) is 8.42 Å². The summed E-state index contributed by atoms with van der Waals surface area (Å²) in [4.78, 5) is 0.263. The molecule has 0 aromatic carbocycles. The molecule has 106 valence electrons. The van der Waals surface area contributed by atoms with Gasteiger partial charge in [0.05, 0.1) is 6.54 Å². The maximum absolute atomic E-state index is 12.4. The topological polar surface area (TPSA) is 68.3 Å². The van der Waals surface area contributed by atoms with Crippen molar-refractivity contribution in [3.63, 3.8) is 0 Å². The van der Waals surface area contributed by atoms with E-state index in [1.165, 1.54) is 4.31 Å². The summed E-state index contributed by atoms with van der Waals surface area (Å²) in [5.41, 5.74) is 6.46. The molecule has 1 rings (SSSR count). The Bertz CT molecular complexity index is 555. The van der Waals surface area contributed by atoms with Gasteiger partial charge in [-0.1, -0.05) is 19.8 Å². The third-order valence-electron chi connectivity index (χ3n) is 2.89. The molecule has 0 aliphatic carbocycles. The van der Waals surface area contributed by atoms with Crippen LogP contribution >= 0.6 is 0 Å². The molecule has 1 aromatic heterocycles. The van der Waals surface area contributed by atoms with E-state index < -0.39 is 10.0 Å². The molecule has 0 saturated heterocycles. The highest BCUT2D eigenvalue weighted by Crippen LogP contribution is 2.19. The molecule has 0 radical (unpaired) electrons. The minimum atomic E-state index is -3.53. The maximum atomic E-state index is 12.4. The van der Waals surface area contributed by atoms with Crippen LogP contribution in [0.2, 0.25) is 0 Å². The number of nitrogens with two attached hydrogens (primary N) is 1. The Morgan fingerprint density at radius 1 is 1.47 bits per heavy atom. The van der Waals surface area contributed by atoms with E-state index in [9.17, 15) is 8.42 Å². The Kier molecular flexibility index (Phi) is 5.60. The van der Waals surface area contributed by atoms with Crippen LogP contribution in [0.1, 0.15) is 26.0 Å². The Labute approximate surface area is 115 Å². The summed E-state index contributed by atoms with van der Waals surface area (Å²) in [6.45, 7) is 5.30. The summed E-state index contributed by atoms with van der Waals surface area (Å²) < 4.78 is 28.0. The van der Waals surface area contributed by atoms with Crippen molar-refractivity contribution in [3.8, 4) is 12.3 Å². The highest BCUT2D eigenvalue weighted by molar-refractivity contribution is 7.89. The van der Waals surface area contributed by atoms with Crippen LogP contribution in [0.25, 0.3) is 0 Å². The summed E-state index contributed by atoms with van der Waals surface area (Å²) in [5, 5.41) is 0. The molecule has 6 heteroatoms. The van der Waals surface area contributed by atoms with E-state index >= 15 is 0 Å². The molecular weight excluding hydrogens is 262 g/mol. The van der Waals surface area contributed by atoms with Gasteiger partial charge in [-0.2, -0.15) is 4.31 Å². The second-order valence-electron chi connectivity index (χ2n) is 4.20. The van der Waals surface area contributed by atoms with E-state index in [0.717, 1.165) is 18.7 Å². The average Bonchev–Trinajstić information content (AvgIpc) is 2.80. The van der Waals surface area contributed by atoms with Crippen LogP contribution in [0, 0.1) is 12.3 Å². The maximum Gasteiger partial charge on any atom is 0.245 e. The molecule has 0 fully saturated rings. The summed E-state index contributed by atoms with van der Waals surface area (Å²) in [7, 11) is -3.53. The average molecular weight is 283 g/mol. The molecule has 0 saturated carbocycles. The normalized spacial score (nSPS) is 11.7. The van der Waals surface area contributed by atoms with E-state index in [2.05, 4.69) is 5.92 Å². The van der Waals surface area contributed by atoms with Crippen molar-refractivity contribution >= 4 is 10.0 Å². The van der Waals surface area contributed by atoms with Gasteiger partial charge in [0.2, 0.25) is 10.0 Å². The second kappa shape index (κ2) is 6.75. The number of terminal acetylenes is 1. The second-order valence-corrected chi connectivity index (χ2v) is 6.14. The summed E-state index contributed by atoms with van der Waals surface area (Å²) in [5.74, 6) is 2.37. The molecule has 0 amide bonds. The lowest BCUT2D eigenvalue weighted by atomic mass is 10.4. The van der Waals surface area contributed by atoms with Crippen LogP contribution in [0.3, 0.4) is 0 Å². The molecule has 19 heavy (non-hydrogen) atoms. The standard InChI is InChI=1S/C13H21N3O2S/c1-4-7-15-11-13(9-12(15)10-14)19(17,18)16(6-3)8-5-2/h2,9,11H,4,6-8,10,14H2,1,3H3. The van der Waals surface area contributed by atoms with Gasteiger partial charge < -0.3 is 10.3 Å². The van der Waals surface area contributed by atoms with Crippen LogP contribution in [0.4, 0.5) is 0 Å². The summed E-state index contributed by atoms with van der Waals surface area (Å²) in [6, 6.07) is 1.63. The zero-order valence-corrected chi connectivity index (χ0v) is 12.3. The Morgan fingerprint density at radius 3 is 2.63 bits per heavy atom. The molecule has 0 bridgehead atoms. The van der Waals surface area contributed by atoms with E-state index in [-0.39, 0.29) is 11.4 Å². The smallest absolute Gasteiger partial charge is 0.245 e. The zero-order valence-electron chi connectivity index (χ0n) is 11.5. The zero-order chi connectivity index (χ0) is 14.5. The van der Waals surface area contributed by atoms with Crippen LogP contribution in [-0.2, 0) is 23.1 Å². The number of nitrogens with zero attached hydrogens (tertiary/aromatic N) is 2. The first kappa shape index (κ1) is 15.8. The number of aromatic nitrogens is 1. The van der Waals surface area contributed by atoms with Crippen molar-refractivity contribution in [2.45, 2.75) is 38.3 Å². The summed E-state index contributed by atoms with van der Waals surface area (Å²) in [6.07, 6.45) is 7.77. The first-order valence-corrected chi connectivity index (χ1v) is 7.77. The minimum absolute atomic E-state index is 0.0791. The lowest BCUT2D eigenvalue weighted by molar-refractivity contribution is 0.464. The lowest BCUT2D eigenvalue weighted by Gasteiger charge is -2.16. The predicted molar refractivity (Wildman–Crippen MR) is 75.9 cm³/mol. The monoisotopic (exact) mass is 283 g/mol. The number of hydrogen-bond donors (Lipinski definition) is 1. The Hall–Kier alpha value is -1.29. The van der Waals surface area contributed by atoms with Crippen molar-refractivity contribution in [2.75, 3.05) is 13.1 Å². The van der Waals surface area contributed by atoms with Crippen molar-refractivity contribution in [3.05, 3.63) is 18.0 Å². The lowest BCUT2D eigenvalue weighted by Crippen LogP contribution is -2.31. The van der Waals surface area contributed by atoms with Crippen molar-refractivity contribution in [1.82, 2.24) is 8.87 Å². The third-order valence-corrected chi connectivity index (χ3v) is 4.78. The van der Waals surface area contributed by atoms with Gasteiger partial charge in [0.15, 0.2) is 0 Å². The van der Waals surface area contributed by atoms with Crippen LogP contribution in [0.15, 0.2) is 17.2 Å². The highest BCUT2D eigenvalue weighted by Gasteiger charge is 2.24. The number of hydrogen-bond acceptors (Lipinski definition) is 3. The largest absolute Gasteiger partial charge is 0.349 e. The fourth-order valence-corrected chi connectivity index (χ4v) is 3.33. The van der Waals surface area contributed by atoms with Crippen molar-refractivity contribution in [1.29, 1.82) is 0 Å². The number of sulfonamides is 1. The predicted octanol–water partition coefficient (Wildman–Crippen LogP) is 1.00. The van der Waals surface area contributed by atoms with Gasteiger partial charge in [0.1, 0.15) is 4.90 Å². The molecule has 1 heterocycles. The fourth-order valence-electron chi connectivity index (χ4n) is 1.90. The van der Waals surface area contributed by atoms with Crippen LogP contribution < -0.4 is 5.73 Å². The van der Waals surface area contributed by atoms with Gasteiger partial charge >= 0.3 is 0 Å². The van der Waals surface area contributed by atoms with Gasteiger partial charge in [-0.15, -0.1) is 6.42 Å². The molecule has 0 spiro atoms. The Balaban J connectivity index is 3.18. The quantitative estimate of drug-likeness (QED) is 0.759. The fraction of sp³-hybridized carbons (Fsp3) is 0.538. The van der Waals surface area contributed by atoms with E-state index in [4.69, 9.17) is 12.2 Å². The molecule has 1 aromatic rings. The van der Waals surface area contributed by atoms with Crippen LogP contribution in [-0.4, -0.2) is 30.4 Å². The number of rotatable bonds is 7. The van der Waals surface area contributed by atoms with Gasteiger partial charge in [-0.05, 0) is 12.5 Å². The highest BCUT2D eigenvalue weighted by atomic mass is 32.2. The van der Waals surface area contributed by atoms with Gasteiger partial charge in [0.25, 0.3) is 0 Å². The van der Waals surface area contributed by atoms with Crippen molar-refractivity contribution < 1.29 is 8.42 Å². The minimum Gasteiger partial charge on any atom is -0.349 e. The molecular formula is C13H21N3O2S. The molecule has 0 aliphatic heterocycles. The van der Waals surface area contributed by atoms with E-state index in [1.807, 2.05) is 11.5 Å².